The van der Waals surface area contributed by atoms with Crippen molar-refractivity contribution in [3.05, 3.63) is 70.2 Å². The number of carbonyl (C=O) groups excluding carboxylic acids is 1. The standard InChI is InChI=1S/C21H17F3N4O4S2/c1-13-18(19(29)26-12-34(30)31)27-20(33-13)28(16-6-2-14(10-25)3-7-16)11-15-4-8-17(9-5-15)32-21(22,23)24/h2-9,34H,11-12H2,1H3,(H,26,29). The first-order valence-corrected chi connectivity index (χ1v) is 11.7. The third kappa shape index (κ3) is 6.69. The number of thiazole rings is 1. The maximum Gasteiger partial charge on any atom is 0.573 e. The number of ether oxygens (including phenoxy) is 1. The zero-order valence-corrected chi connectivity index (χ0v) is 19.2. The number of nitrogens with zero attached hydrogens (tertiary/aromatic N) is 3. The number of anilines is 2. The fraction of sp³-hybridized carbons (Fsp3) is 0.190. The van der Waals surface area contributed by atoms with Crippen LogP contribution in [0.1, 0.15) is 26.5 Å². The monoisotopic (exact) mass is 510 g/mol. The van der Waals surface area contributed by atoms with E-state index in [4.69, 9.17) is 5.26 Å². The molecule has 0 aliphatic rings. The number of thiol groups is 1. The minimum atomic E-state index is -4.80. The summed E-state index contributed by atoms with van der Waals surface area (Å²) in [4.78, 5) is 19.0. The molecule has 0 unspecified atom stereocenters. The van der Waals surface area contributed by atoms with Gasteiger partial charge in [0, 0.05) is 10.6 Å². The van der Waals surface area contributed by atoms with Crippen molar-refractivity contribution in [2.75, 3.05) is 10.8 Å². The van der Waals surface area contributed by atoms with Gasteiger partial charge >= 0.3 is 6.36 Å². The van der Waals surface area contributed by atoms with Crippen LogP contribution in [0.2, 0.25) is 0 Å². The lowest BCUT2D eigenvalue weighted by Gasteiger charge is -2.22. The lowest BCUT2D eigenvalue weighted by Crippen LogP contribution is -2.26. The normalized spacial score (nSPS) is 11.2. The van der Waals surface area contributed by atoms with Gasteiger partial charge in [-0.2, -0.15) is 5.26 Å². The molecule has 0 saturated carbocycles. The third-order valence-electron chi connectivity index (χ3n) is 4.41. The van der Waals surface area contributed by atoms with Gasteiger partial charge in [-0.15, -0.1) is 24.5 Å². The minimum absolute atomic E-state index is 0.0596. The summed E-state index contributed by atoms with van der Waals surface area (Å²) >= 11 is 1.18. The maximum absolute atomic E-state index is 12.4. The smallest absolute Gasteiger partial charge is 0.406 e. The molecule has 3 rings (SSSR count). The second kappa shape index (κ2) is 10.5. The number of carbonyl (C=O) groups is 1. The van der Waals surface area contributed by atoms with Crippen LogP contribution in [0.5, 0.6) is 5.75 Å². The van der Waals surface area contributed by atoms with Crippen LogP contribution in [0.25, 0.3) is 0 Å². The largest absolute Gasteiger partial charge is 0.573 e. The molecule has 1 N–H and O–H groups in total. The Hall–Kier alpha value is -3.63. The van der Waals surface area contributed by atoms with Crippen LogP contribution in [0.4, 0.5) is 24.0 Å². The Kier molecular flexibility index (Phi) is 7.75. The molecule has 0 spiro atoms. The average Bonchev–Trinajstić information content (AvgIpc) is 3.17. The molecule has 1 aromatic heterocycles. The molecule has 0 atom stereocenters. The number of hydrogen-bond acceptors (Lipinski definition) is 8. The molecule has 0 aliphatic heterocycles. The first-order valence-electron chi connectivity index (χ1n) is 9.55. The number of hydrogen-bond donors (Lipinski definition) is 2. The van der Waals surface area contributed by atoms with E-state index in [1.165, 1.54) is 35.6 Å². The van der Waals surface area contributed by atoms with Crippen LogP contribution < -0.4 is 15.0 Å². The molecular weight excluding hydrogens is 493 g/mol. The fourth-order valence-corrected chi connectivity index (χ4v) is 4.09. The molecule has 0 bridgehead atoms. The second-order valence-corrected chi connectivity index (χ2v) is 9.00. The quantitative estimate of drug-likeness (QED) is 0.443. The molecule has 0 aliphatic carbocycles. The van der Waals surface area contributed by atoms with Crippen molar-refractivity contribution in [1.82, 2.24) is 10.3 Å². The van der Waals surface area contributed by atoms with E-state index in [9.17, 15) is 26.4 Å². The highest BCUT2D eigenvalue weighted by Crippen LogP contribution is 2.33. The van der Waals surface area contributed by atoms with Crippen molar-refractivity contribution in [3.8, 4) is 11.8 Å². The Morgan fingerprint density at radius 1 is 1.18 bits per heavy atom. The van der Waals surface area contributed by atoms with Crippen LogP contribution in [0, 0.1) is 18.3 Å². The Morgan fingerprint density at radius 2 is 1.82 bits per heavy atom. The first-order chi connectivity index (χ1) is 16.1. The zero-order valence-electron chi connectivity index (χ0n) is 17.5. The van der Waals surface area contributed by atoms with Crippen molar-refractivity contribution in [1.29, 1.82) is 5.26 Å². The number of nitriles is 1. The predicted molar refractivity (Wildman–Crippen MR) is 120 cm³/mol. The molecule has 1 heterocycles. The summed E-state index contributed by atoms with van der Waals surface area (Å²) in [6.07, 6.45) is -4.80. The van der Waals surface area contributed by atoms with Gasteiger partial charge in [0.05, 0.1) is 18.2 Å². The van der Waals surface area contributed by atoms with E-state index in [1.807, 2.05) is 6.07 Å². The average molecular weight is 511 g/mol. The number of amides is 1. The van der Waals surface area contributed by atoms with E-state index < -0.39 is 28.9 Å². The van der Waals surface area contributed by atoms with Gasteiger partial charge in [-0.25, -0.2) is 13.4 Å². The summed E-state index contributed by atoms with van der Waals surface area (Å²) in [7, 11) is -2.80. The van der Waals surface area contributed by atoms with Crippen LogP contribution in [-0.4, -0.2) is 31.5 Å². The maximum atomic E-state index is 12.4. The van der Waals surface area contributed by atoms with Gasteiger partial charge < -0.3 is 15.0 Å². The Labute approximate surface area is 198 Å². The van der Waals surface area contributed by atoms with Gasteiger partial charge in [-0.3, -0.25) is 4.79 Å². The van der Waals surface area contributed by atoms with E-state index in [1.54, 1.807) is 36.1 Å². The number of aromatic nitrogens is 1. The van der Waals surface area contributed by atoms with E-state index in [0.717, 1.165) is 0 Å². The Morgan fingerprint density at radius 3 is 2.38 bits per heavy atom. The van der Waals surface area contributed by atoms with E-state index >= 15 is 0 Å². The van der Waals surface area contributed by atoms with Crippen molar-refractivity contribution < 1.29 is 31.1 Å². The molecule has 2 aromatic carbocycles. The summed E-state index contributed by atoms with van der Waals surface area (Å²) in [6.45, 7) is 1.84. The van der Waals surface area contributed by atoms with E-state index in [0.29, 0.717) is 26.8 Å². The highest BCUT2D eigenvalue weighted by atomic mass is 32.2. The molecule has 1 amide bonds. The van der Waals surface area contributed by atoms with Crippen LogP contribution in [-0.2, 0) is 17.2 Å². The van der Waals surface area contributed by atoms with Crippen molar-refractivity contribution in [2.45, 2.75) is 19.8 Å². The van der Waals surface area contributed by atoms with Gasteiger partial charge in [0.1, 0.15) is 17.3 Å². The topological polar surface area (TPSA) is 112 Å². The van der Waals surface area contributed by atoms with Gasteiger partial charge in [0.15, 0.2) is 15.8 Å². The van der Waals surface area contributed by atoms with Crippen molar-refractivity contribution >= 4 is 38.8 Å². The van der Waals surface area contributed by atoms with Crippen LogP contribution in [0.3, 0.4) is 0 Å². The summed E-state index contributed by atoms with van der Waals surface area (Å²) < 4.78 is 62.8. The van der Waals surface area contributed by atoms with Gasteiger partial charge in [-0.1, -0.05) is 12.1 Å². The predicted octanol–water partition coefficient (Wildman–Crippen LogP) is 3.86. The molecule has 0 saturated heterocycles. The number of halogens is 3. The second-order valence-electron chi connectivity index (χ2n) is 6.83. The van der Waals surface area contributed by atoms with E-state index in [2.05, 4.69) is 15.0 Å². The molecule has 178 valence electrons. The SMILES string of the molecule is Cc1sc(N(Cc2ccc(OC(F)(F)F)cc2)c2ccc(C#N)cc2)nc1C(=O)NC[SH](=O)=O. The Balaban J connectivity index is 1.93. The molecule has 34 heavy (non-hydrogen) atoms. The number of benzene rings is 2. The van der Waals surface area contributed by atoms with Gasteiger partial charge in [0.2, 0.25) is 0 Å². The Bertz CT molecular complexity index is 1270. The number of rotatable bonds is 8. The highest BCUT2D eigenvalue weighted by Gasteiger charge is 2.31. The lowest BCUT2D eigenvalue weighted by molar-refractivity contribution is -0.274. The molecule has 3 aromatic rings. The van der Waals surface area contributed by atoms with Crippen molar-refractivity contribution in [2.24, 2.45) is 0 Å². The number of alkyl halides is 3. The summed E-state index contributed by atoms with van der Waals surface area (Å²) in [5.41, 5.74) is 1.74. The zero-order chi connectivity index (χ0) is 24.9. The molecular formula is C21H17F3N4O4S2. The molecule has 8 nitrogen and oxygen atoms in total. The minimum Gasteiger partial charge on any atom is -0.406 e. The highest BCUT2D eigenvalue weighted by molar-refractivity contribution is 7.72. The number of nitrogens with one attached hydrogen (secondary N) is 1. The number of aryl methyl sites for hydroxylation is 1. The van der Waals surface area contributed by atoms with Crippen LogP contribution >= 0.6 is 11.3 Å². The van der Waals surface area contributed by atoms with Gasteiger partial charge in [-0.05, 0) is 48.9 Å². The third-order valence-corrected chi connectivity index (χ3v) is 5.82. The lowest BCUT2D eigenvalue weighted by atomic mass is 10.1. The molecule has 13 heteroatoms. The van der Waals surface area contributed by atoms with Gasteiger partial charge in [0.25, 0.3) is 5.91 Å². The summed E-state index contributed by atoms with van der Waals surface area (Å²) in [5, 5.41) is 11.7. The van der Waals surface area contributed by atoms with Crippen LogP contribution in [0.15, 0.2) is 48.5 Å². The summed E-state index contributed by atoms with van der Waals surface area (Å²) in [6, 6.07) is 13.9. The first kappa shape index (κ1) is 25.0. The van der Waals surface area contributed by atoms with E-state index in [-0.39, 0.29) is 18.0 Å². The molecule has 0 fully saturated rings. The van der Waals surface area contributed by atoms with Crippen molar-refractivity contribution in [3.63, 3.8) is 0 Å². The fourth-order valence-electron chi connectivity index (χ4n) is 2.89. The summed E-state index contributed by atoms with van der Waals surface area (Å²) in [5.74, 6) is -1.53. The molecule has 0 radical (unpaired) electrons.